The van der Waals surface area contributed by atoms with Crippen molar-refractivity contribution in [2.75, 3.05) is 17.3 Å². The maximum absolute atomic E-state index is 5.51. The Hall–Kier alpha value is -0.970. The Labute approximate surface area is 100 Å². The molecule has 0 aromatic carbocycles. The van der Waals surface area contributed by atoms with Crippen molar-refractivity contribution in [3.05, 3.63) is 12.1 Å². The van der Waals surface area contributed by atoms with Crippen LogP contribution in [0, 0.1) is 0 Å². The number of nitrogens with one attached hydrogen (secondary N) is 1. The molecule has 1 aromatic rings. The summed E-state index contributed by atoms with van der Waals surface area (Å²) in [7, 11) is 0. The SMILES string of the molecule is CSC1CCCCC1Nc1ccc(N)nn1. The van der Waals surface area contributed by atoms with E-state index in [1.165, 1.54) is 25.7 Å². The molecule has 1 fully saturated rings. The zero-order valence-corrected chi connectivity index (χ0v) is 10.3. The van der Waals surface area contributed by atoms with E-state index in [0.717, 1.165) is 5.82 Å². The number of rotatable bonds is 3. The third kappa shape index (κ3) is 2.78. The van der Waals surface area contributed by atoms with E-state index in [1.54, 1.807) is 6.07 Å². The van der Waals surface area contributed by atoms with Crippen LogP contribution < -0.4 is 11.1 Å². The molecule has 0 saturated heterocycles. The lowest BCUT2D eigenvalue weighted by atomic mass is 9.95. The molecule has 5 heteroatoms. The number of hydrogen-bond acceptors (Lipinski definition) is 5. The van der Waals surface area contributed by atoms with E-state index in [4.69, 9.17) is 5.73 Å². The fourth-order valence-electron chi connectivity index (χ4n) is 2.15. The Morgan fingerprint density at radius 3 is 2.81 bits per heavy atom. The van der Waals surface area contributed by atoms with Gasteiger partial charge in [0.1, 0.15) is 11.6 Å². The van der Waals surface area contributed by atoms with Crippen LogP contribution in [0.4, 0.5) is 11.6 Å². The summed E-state index contributed by atoms with van der Waals surface area (Å²) < 4.78 is 0. The molecule has 1 heterocycles. The molecule has 1 aliphatic carbocycles. The second-order valence-electron chi connectivity index (χ2n) is 4.15. The minimum Gasteiger partial charge on any atom is -0.382 e. The number of anilines is 2. The summed E-state index contributed by atoms with van der Waals surface area (Å²) in [5.74, 6) is 1.30. The van der Waals surface area contributed by atoms with Crippen LogP contribution >= 0.6 is 11.8 Å². The average molecular weight is 238 g/mol. The highest BCUT2D eigenvalue weighted by Crippen LogP contribution is 2.28. The first-order chi connectivity index (χ1) is 7.79. The predicted octanol–water partition coefficient (Wildman–Crippen LogP) is 2.14. The average Bonchev–Trinajstić information content (AvgIpc) is 2.33. The van der Waals surface area contributed by atoms with Crippen molar-refractivity contribution in [1.82, 2.24) is 10.2 Å². The van der Waals surface area contributed by atoms with Gasteiger partial charge in [0, 0.05) is 11.3 Å². The first-order valence-electron chi connectivity index (χ1n) is 5.68. The van der Waals surface area contributed by atoms with Crippen LogP contribution in [0.1, 0.15) is 25.7 Å². The number of nitrogens with two attached hydrogens (primary N) is 1. The van der Waals surface area contributed by atoms with Crippen LogP contribution in [0.5, 0.6) is 0 Å². The van der Waals surface area contributed by atoms with Crippen molar-refractivity contribution >= 4 is 23.4 Å². The second-order valence-corrected chi connectivity index (χ2v) is 5.23. The molecule has 0 radical (unpaired) electrons. The molecule has 1 aromatic heterocycles. The minimum atomic E-state index is 0.468. The summed E-state index contributed by atoms with van der Waals surface area (Å²) in [5, 5.41) is 12.0. The van der Waals surface area contributed by atoms with Gasteiger partial charge in [-0.05, 0) is 31.2 Å². The summed E-state index contributed by atoms with van der Waals surface area (Å²) >= 11 is 1.94. The lowest BCUT2D eigenvalue weighted by molar-refractivity contribution is 0.474. The minimum absolute atomic E-state index is 0.468. The number of hydrogen-bond donors (Lipinski definition) is 2. The zero-order valence-electron chi connectivity index (χ0n) is 9.52. The van der Waals surface area contributed by atoms with Gasteiger partial charge in [0.2, 0.25) is 0 Å². The van der Waals surface area contributed by atoms with Gasteiger partial charge in [0.05, 0.1) is 0 Å². The smallest absolute Gasteiger partial charge is 0.149 e. The van der Waals surface area contributed by atoms with E-state index in [2.05, 4.69) is 21.8 Å². The van der Waals surface area contributed by atoms with Gasteiger partial charge in [-0.3, -0.25) is 0 Å². The summed E-state index contributed by atoms with van der Waals surface area (Å²) in [6, 6.07) is 4.20. The number of nitrogen functional groups attached to an aromatic ring is 1. The highest BCUT2D eigenvalue weighted by Gasteiger charge is 2.24. The maximum Gasteiger partial charge on any atom is 0.149 e. The third-order valence-electron chi connectivity index (χ3n) is 3.02. The van der Waals surface area contributed by atoms with Crippen LogP contribution in [0.15, 0.2) is 12.1 Å². The van der Waals surface area contributed by atoms with Crippen LogP contribution in [-0.2, 0) is 0 Å². The topological polar surface area (TPSA) is 63.8 Å². The normalized spacial score (nSPS) is 25.3. The first-order valence-corrected chi connectivity index (χ1v) is 6.97. The highest BCUT2D eigenvalue weighted by atomic mass is 32.2. The van der Waals surface area contributed by atoms with Gasteiger partial charge >= 0.3 is 0 Å². The van der Waals surface area contributed by atoms with Gasteiger partial charge in [0.15, 0.2) is 0 Å². The summed E-state index contributed by atoms with van der Waals surface area (Å²) in [6.45, 7) is 0. The summed E-state index contributed by atoms with van der Waals surface area (Å²) in [6.07, 6.45) is 7.34. The van der Waals surface area contributed by atoms with Crippen LogP contribution in [0.25, 0.3) is 0 Å². The molecule has 88 valence electrons. The van der Waals surface area contributed by atoms with Gasteiger partial charge in [-0.1, -0.05) is 12.8 Å². The largest absolute Gasteiger partial charge is 0.382 e. The second kappa shape index (κ2) is 5.39. The number of aromatic nitrogens is 2. The molecule has 1 saturated carbocycles. The molecule has 16 heavy (non-hydrogen) atoms. The van der Waals surface area contributed by atoms with Crippen LogP contribution in [0.3, 0.4) is 0 Å². The van der Waals surface area contributed by atoms with Crippen molar-refractivity contribution in [2.24, 2.45) is 0 Å². The molecule has 3 N–H and O–H groups in total. The van der Waals surface area contributed by atoms with Crippen molar-refractivity contribution in [1.29, 1.82) is 0 Å². The molecule has 0 amide bonds. The number of thioether (sulfide) groups is 1. The molecular formula is C11H18N4S. The Bertz CT molecular complexity index is 327. The van der Waals surface area contributed by atoms with E-state index in [-0.39, 0.29) is 0 Å². The molecule has 2 unspecified atom stereocenters. The molecule has 0 bridgehead atoms. The summed E-state index contributed by atoms with van der Waals surface area (Å²) in [5.41, 5.74) is 5.51. The Morgan fingerprint density at radius 2 is 2.12 bits per heavy atom. The van der Waals surface area contributed by atoms with Gasteiger partial charge in [-0.2, -0.15) is 11.8 Å². The van der Waals surface area contributed by atoms with E-state index < -0.39 is 0 Å². The van der Waals surface area contributed by atoms with Crippen molar-refractivity contribution in [3.8, 4) is 0 Å². The Kier molecular flexibility index (Phi) is 3.88. The van der Waals surface area contributed by atoms with Crippen LogP contribution in [0.2, 0.25) is 0 Å². The standard InChI is InChI=1S/C11H18N4S/c1-16-9-5-3-2-4-8(9)13-11-7-6-10(12)14-15-11/h6-9H,2-5H2,1H3,(H2,12,14)(H,13,15). The maximum atomic E-state index is 5.51. The van der Waals surface area contributed by atoms with Crippen molar-refractivity contribution in [2.45, 2.75) is 37.0 Å². The zero-order chi connectivity index (χ0) is 11.4. The van der Waals surface area contributed by atoms with Gasteiger partial charge < -0.3 is 11.1 Å². The molecule has 2 atom stereocenters. The molecule has 4 nitrogen and oxygen atoms in total. The van der Waals surface area contributed by atoms with Gasteiger partial charge in [0.25, 0.3) is 0 Å². The van der Waals surface area contributed by atoms with Crippen molar-refractivity contribution < 1.29 is 0 Å². The lowest BCUT2D eigenvalue weighted by Gasteiger charge is -2.31. The van der Waals surface area contributed by atoms with E-state index >= 15 is 0 Å². The Morgan fingerprint density at radius 1 is 1.31 bits per heavy atom. The molecular weight excluding hydrogens is 220 g/mol. The molecule has 2 rings (SSSR count). The summed E-state index contributed by atoms with van der Waals surface area (Å²) in [4.78, 5) is 0. The number of nitrogens with zero attached hydrogens (tertiary/aromatic N) is 2. The monoisotopic (exact) mass is 238 g/mol. The fourth-order valence-corrected chi connectivity index (χ4v) is 3.09. The van der Waals surface area contributed by atoms with E-state index in [9.17, 15) is 0 Å². The van der Waals surface area contributed by atoms with Crippen LogP contribution in [-0.4, -0.2) is 27.7 Å². The van der Waals surface area contributed by atoms with Gasteiger partial charge in [-0.15, -0.1) is 10.2 Å². The molecule has 0 spiro atoms. The highest BCUT2D eigenvalue weighted by molar-refractivity contribution is 7.99. The molecule has 1 aliphatic rings. The predicted molar refractivity (Wildman–Crippen MR) is 69.6 cm³/mol. The fraction of sp³-hybridized carbons (Fsp3) is 0.636. The van der Waals surface area contributed by atoms with Gasteiger partial charge in [-0.25, -0.2) is 0 Å². The lowest BCUT2D eigenvalue weighted by Crippen LogP contribution is -2.34. The quantitative estimate of drug-likeness (QED) is 0.844. The Balaban J connectivity index is 1.99. The van der Waals surface area contributed by atoms with Crippen molar-refractivity contribution in [3.63, 3.8) is 0 Å². The van der Waals surface area contributed by atoms with E-state index in [0.29, 0.717) is 17.1 Å². The molecule has 0 aliphatic heterocycles. The third-order valence-corrected chi connectivity index (χ3v) is 4.19. The first kappa shape index (κ1) is 11.5. The van der Waals surface area contributed by atoms with E-state index in [1.807, 2.05) is 17.8 Å².